The van der Waals surface area contributed by atoms with Crippen molar-refractivity contribution in [2.75, 3.05) is 30.9 Å². The molecule has 2 aromatic rings. The highest BCUT2D eigenvalue weighted by molar-refractivity contribution is 7.13. The van der Waals surface area contributed by atoms with E-state index in [0.717, 1.165) is 11.3 Å². The van der Waals surface area contributed by atoms with Crippen LogP contribution in [0, 0.1) is 23.7 Å². The maximum Gasteiger partial charge on any atom is 0.357 e. The van der Waals surface area contributed by atoms with Crippen molar-refractivity contribution >= 4 is 57.2 Å². The number of hydrogen-bond donors (Lipinski definition) is 4. The Labute approximate surface area is 244 Å². The number of benzene rings is 1. The highest BCUT2D eigenvalue weighted by Gasteiger charge is 2.66. The zero-order valence-electron chi connectivity index (χ0n) is 23.1. The third kappa shape index (κ3) is 4.45. The number of phenolic OH excluding ortho intramolecular Hbond substituents is 1. The molecule has 5 N–H and O–H groups in total. The second kappa shape index (κ2) is 10.6. The Morgan fingerprint density at radius 1 is 1.21 bits per heavy atom. The molecule has 2 saturated carbocycles. The SMILES string of the molecule is CCOC(=O)c1csc(NCc2cc(N(C)C)c3c(c2O)C(=O)C2C(=O)[C@]4(O)C(=O)C(C(N)=O)C(=O)C[C@@H]4C[C@@H]2C3)n1. The van der Waals surface area contributed by atoms with Crippen LogP contribution in [0.1, 0.15) is 51.7 Å². The van der Waals surface area contributed by atoms with E-state index in [1.165, 1.54) is 5.38 Å². The number of nitrogens with one attached hydrogen (secondary N) is 1. The lowest BCUT2D eigenvalue weighted by atomic mass is 9.53. The van der Waals surface area contributed by atoms with E-state index >= 15 is 0 Å². The van der Waals surface area contributed by atoms with Gasteiger partial charge in [0.25, 0.3) is 0 Å². The van der Waals surface area contributed by atoms with E-state index in [2.05, 4.69) is 10.3 Å². The molecule has 2 unspecified atom stereocenters. The monoisotopic (exact) mass is 598 g/mol. The van der Waals surface area contributed by atoms with Crippen LogP contribution in [-0.4, -0.2) is 76.5 Å². The van der Waals surface area contributed by atoms with Crippen LogP contribution in [0.25, 0.3) is 0 Å². The minimum absolute atomic E-state index is 0.0119. The van der Waals surface area contributed by atoms with Crippen LogP contribution in [-0.2, 0) is 36.9 Å². The summed E-state index contributed by atoms with van der Waals surface area (Å²) in [6.07, 6.45) is -0.197. The molecule has 2 fully saturated rings. The average molecular weight is 599 g/mol. The Hall–Kier alpha value is -4.17. The van der Waals surface area contributed by atoms with Crippen molar-refractivity contribution in [3.8, 4) is 5.75 Å². The van der Waals surface area contributed by atoms with Crippen LogP contribution in [0.5, 0.6) is 5.75 Å². The minimum Gasteiger partial charge on any atom is -0.507 e. The lowest BCUT2D eigenvalue weighted by Crippen LogP contribution is -2.68. The number of anilines is 2. The first kappa shape index (κ1) is 29.3. The predicted molar refractivity (Wildman–Crippen MR) is 148 cm³/mol. The number of aromatic hydroxyl groups is 1. The molecule has 222 valence electrons. The Bertz CT molecular complexity index is 1550. The van der Waals surface area contributed by atoms with Gasteiger partial charge in [-0.3, -0.25) is 24.0 Å². The second-order valence-electron chi connectivity index (χ2n) is 11.0. The molecule has 0 spiro atoms. The molecular formula is C28H30N4O9S. The number of primary amides is 1. The van der Waals surface area contributed by atoms with Gasteiger partial charge in [-0.2, -0.15) is 0 Å². The predicted octanol–water partition coefficient (Wildman–Crippen LogP) is 0.638. The average Bonchev–Trinajstić information content (AvgIpc) is 3.39. The summed E-state index contributed by atoms with van der Waals surface area (Å²) in [5.74, 6) is -11.2. The van der Waals surface area contributed by atoms with Gasteiger partial charge in [-0.05, 0) is 37.3 Å². The molecule has 5 atom stereocenters. The molecule has 1 heterocycles. The number of aromatic nitrogens is 1. The summed E-state index contributed by atoms with van der Waals surface area (Å²) in [4.78, 5) is 83.1. The largest absolute Gasteiger partial charge is 0.507 e. The van der Waals surface area contributed by atoms with E-state index in [1.54, 1.807) is 32.0 Å². The van der Waals surface area contributed by atoms with Gasteiger partial charge >= 0.3 is 5.97 Å². The van der Waals surface area contributed by atoms with E-state index in [4.69, 9.17) is 10.5 Å². The lowest BCUT2D eigenvalue weighted by Gasteiger charge is -2.48. The van der Waals surface area contributed by atoms with Crippen molar-refractivity contribution in [1.82, 2.24) is 4.98 Å². The van der Waals surface area contributed by atoms with Crippen LogP contribution < -0.4 is 16.0 Å². The molecule has 0 radical (unpaired) electrons. The third-order valence-electron chi connectivity index (χ3n) is 8.36. The van der Waals surface area contributed by atoms with Crippen molar-refractivity contribution in [1.29, 1.82) is 0 Å². The number of fused-ring (bicyclic) bond motifs is 3. The number of phenols is 1. The van der Waals surface area contributed by atoms with Crippen molar-refractivity contribution in [3.05, 3.63) is 33.8 Å². The Morgan fingerprint density at radius 3 is 2.57 bits per heavy atom. The molecule has 14 heteroatoms. The number of hydrogen-bond acceptors (Lipinski definition) is 13. The van der Waals surface area contributed by atoms with Crippen LogP contribution in [0.2, 0.25) is 0 Å². The fraction of sp³-hybridized carbons (Fsp3) is 0.464. The van der Waals surface area contributed by atoms with E-state index in [0.29, 0.717) is 21.9 Å². The number of esters is 1. The highest BCUT2D eigenvalue weighted by Crippen LogP contribution is 2.51. The summed E-state index contributed by atoms with van der Waals surface area (Å²) in [6, 6.07) is 1.71. The molecule has 42 heavy (non-hydrogen) atoms. The van der Waals surface area contributed by atoms with Gasteiger partial charge < -0.3 is 30.9 Å². The Morgan fingerprint density at radius 2 is 1.93 bits per heavy atom. The van der Waals surface area contributed by atoms with Crippen molar-refractivity contribution in [2.45, 2.75) is 38.3 Å². The number of ketones is 4. The van der Waals surface area contributed by atoms with Gasteiger partial charge in [-0.25, -0.2) is 9.78 Å². The summed E-state index contributed by atoms with van der Waals surface area (Å²) in [7, 11) is 3.53. The van der Waals surface area contributed by atoms with Crippen LogP contribution in [0.3, 0.4) is 0 Å². The zero-order valence-corrected chi connectivity index (χ0v) is 23.9. The molecule has 0 saturated heterocycles. The molecule has 3 aliphatic carbocycles. The molecule has 1 aromatic carbocycles. The maximum absolute atomic E-state index is 14.0. The first-order chi connectivity index (χ1) is 19.8. The number of nitrogens with two attached hydrogens (primary N) is 1. The van der Waals surface area contributed by atoms with Crippen molar-refractivity contribution < 1.29 is 43.7 Å². The smallest absolute Gasteiger partial charge is 0.357 e. The fourth-order valence-electron chi connectivity index (χ4n) is 6.43. The molecule has 0 bridgehead atoms. The quantitative estimate of drug-likeness (QED) is 0.256. The normalized spacial score (nSPS) is 26.7. The molecule has 1 aromatic heterocycles. The number of carbonyl (C=O) groups is 6. The van der Waals surface area contributed by atoms with Gasteiger partial charge in [0.15, 0.2) is 45.5 Å². The van der Waals surface area contributed by atoms with Gasteiger partial charge in [0.1, 0.15) is 5.75 Å². The topological polar surface area (TPSA) is 206 Å². The van der Waals surface area contributed by atoms with E-state index in [9.17, 15) is 39.0 Å². The number of amides is 1. The van der Waals surface area contributed by atoms with Crippen molar-refractivity contribution in [2.24, 2.45) is 29.4 Å². The standard InChI is InChI=1S/C28H30N4O9S/c1-4-41-26(39)15-10-42-27(31-15)30-9-12-7-16(32(2)3)14-6-11-5-13-8-17(33)20(25(29)38)24(37)28(13,40)23(36)18(11)22(35)19(14)21(12)34/h7,10-11,13,18,20,34,40H,4-6,8-9H2,1-3H3,(H2,29,38)(H,30,31)/t11-,13+,18?,20?,28+/m1/s1. The van der Waals surface area contributed by atoms with Crippen LogP contribution in [0.4, 0.5) is 10.8 Å². The Kier molecular flexibility index (Phi) is 7.39. The van der Waals surface area contributed by atoms with E-state index in [-0.39, 0.29) is 43.0 Å². The van der Waals surface area contributed by atoms with Gasteiger partial charge in [0.05, 0.1) is 18.1 Å². The summed E-state index contributed by atoms with van der Waals surface area (Å²) < 4.78 is 4.95. The minimum atomic E-state index is -2.71. The Balaban J connectivity index is 1.50. The number of ether oxygens (including phenoxy) is 1. The molecule has 3 aliphatic rings. The summed E-state index contributed by atoms with van der Waals surface area (Å²) in [6.45, 7) is 1.89. The third-order valence-corrected chi connectivity index (χ3v) is 9.16. The number of nitrogens with zero attached hydrogens (tertiary/aromatic N) is 2. The lowest BCUT2D eigenvalue weighted by molar-refractivity contribution is -0.175. The molecule has 13 nitrogen and oxygen atoms in total. The zero-order chi connectivity index (χ0) is 30.7. The number of aliphatic hydroxyl groups is 1. The second-order valence-corrected chi connectivity index (χ2v) is 11.9. The fourth-order valence-corrected chi connectivity index (χ4v) is 7.11. The molecular weight excluding hydrogens is 568 g/mol. The number of rotatable bonds is 7. The van der Waals surface area contributed by atoms with Crippen LogP contribution in [0.15, 0.2) is 11.4 Å². The van der Waals surface area contributed by atoms with E-state index < -0.39 is 70.7 Å². The summed E-state index contributed by atoms with van der Waals surface area (Å²) in [5, 5.41) is 27.6. The first-order valence-corrected chi connectivity index (χ1v) is 14.3. The molecule has 0 aliphatic heterocycles. The van der Waals surface area contributed by atoms with Gasteiger partial charge in [0.2, 0.25) is 5.91 Å². The number of Topliss-reactive ketones (excluding diaryl/α,β-unsaturated/α-hetero) is 4. The van der Waals surface area contributed by atoms with Gasteiger partial charge in [0, 0.05) is 49.6 Å². The van der Waals surface area contributed by atoms with Gasteiger partial charge in [-0.15, -0.1) is 11.3 Å². The molecule has 5 rings (SSSR count). The number of carbonyl (C=O) groups excluding carboxylic acids is 6. The molecule has 1 amide bonds. The van der Waals surface area contributed by atoms with E-state index in [1.807, 2.05) is 0 Å². The first-order valence-electron chi connectivity index (χ1n) is 13.4. The summed E-state index contributed by atoms with van der Waals surface area (Å²) >= 11 is 1.15. The maximum atomic E-state index is 14.0. The van der Waals surface area contributed by atoms with Crippen LogP contribution >= 0.6 is 11.3 Å². The number of thiazole rings is 1. The summed E-state index contributed by atoms with van der Waals surface area (Å²) in [5.41, 5.74) is 4.00. The van der Waals surface area contributed by atoms with Gasteiger partial charge in [-0.1, -0.05) is 0 Å². The highest BCUT2D eigenvalue weighted by atomic mass is 32.1. The van der Waals surface area contributed by atoms with Crippen molar-refractivity contribution in [3.63, 3.8) is 0 Å².